The zero-order valence-electron chi connectivity index (χ0n) is 7.98. The van der Waals surface area contributed by atoms with Gasteiger partial charge in [0.2, 0.25) is 0 Å². The van der Waals surface area contributed by atoms with Crippen molar-refractivity contribution < 1.29 is 4.39 Å². The first-order valence-electron chi connectivity index (χ1n) is 5.12. The number of alkyl halides is 1. The first-order valence-corrected chi connectivity index (χ1v) is 5.12. The zero-order valence-corrected chi connectivity index (χ0v) is 7.98. The Balaban J connectivity index is 2.06. The summed E-state index contributed by atoms with van der Waals surface area (Å²) in [6, 6.07) is 0.667. The molecule has 0 spiro atoms. The van der Waals surface area contributed by atoms with Gasteiger partial charge in [-0.3, -0.25) is 4.39 Å². The first kappa shape index (κ1) is 9.97. The zero-order chi connectivity index (χ0) is 8.81. The van der Waals surface area contributed by atoms with Crippen LogP contribution in [0, 0.1) is 5.92 Å². The van der Waals surface area contributed by atoms with Crippen LogP contribution in [-0.2, 0) is 0 Å². The number of nitrogens with one attached hydrogen (secondary N) is 1. The van der Waals surface area contributed by atoms with Crippen LogP contribution >= 0.6 is 0 Å². The van der Waals surface area contributed by atoms with E-state index in [1.54, 1.807) is 0 Å². The van der Waals surface area contributed by atoms with Crippen LogP contribution in [0.25, 0.3) is 0 Å². The molecule has 1 aliphatic rings. The fourth-order valence-electron chi connectivity index (χ4n) is 1.99. The van der Waals surface area contributed by atoms with Crippen molar-refractivity contribution in [1.82, 2.24) is 5.32 Å². The molecule has 1 N–H and O–H groups in total. The van der Waals surface area contributed by atoms with Gasteiger partial charge in [0.15, 0.2) is 0 Å². The minimum Gasteiger partial charge on any atom is -0.314 e. The number of hydrogen-bond donors (Lipinski definition) is 1. The lowest BCUT2D eigenvalue weighted by atomic mass is 9.87. The molecular weight excluding hydrogens is 153 g/mol. The van der Waals surface area contributed by atoms with Gasteiger partial charge in [0.25, 0.3) is 0 Å². The van der Waals surface area contributed by atoms with Gasteiger partial charge >= 0.3 is 0 Å². The minimum absolute atomic E-state index is 0.185. The van der Waals surface area contributed by atoms with E-state index < -0.39 is 0 Å². The van der Waals surface area contributed by atoms with Crippen molar-refractivity contribution in [2.75, 3.05) is 13.2 Å². The van der Waals surface area contributed by atoms with E-state index in [0.717, 1.165) is 12.5 Å². The lowest BCUT2D eigenvalue weighted by Gasteiger charge is -2.27. The van der Waals surface area contributed by atoms with Crippen LogP contribution in [0.5, 0.6) is 0 Å². The fourth-order valence-corrected chi connectivity index (χ4v) is 1.99. The Morgan fingerprint density at radius 1 is 1.42 bits per heavy atom. The highest BCUT2D eigenvalue weighted by molar-refractivity contribution is 4.75. The fraction of sp³-hybridized carbons (Fsp3) is 1.00. The third kappa shape index (κ3) is 3.53. The SMILES string of the molecule is CC1CCCC(NCCCF)C1. The van der Waals surface area contributed by atoms with E-state index in [4.69, 9.17) is 0 Å². The van der Waals surface area contributed by atoms with Gasteiger partial charge in [-0.05, 0) is 31.7 Å². The molecule has 0 aliphatic heterocycles. The van der Waals surface area contributed by atoms with Crippen molar-refractivity contribution in [3.63, 3.8) is 0 Å². The second kappa shape index (κ2) is 5.52. The molecule has 1 aliphatic carbocycles. The quantitative estimate of drug-likeness (QED) is 0.644. The molecule has 2 heteroatoms. The van der Waals surface area contributed by atoms with Crippen molar-refractivity contribution in [2.45, 2.75) is 45.1 Å². The van der Waals surface area contributed by atoms with Crippen molar-refractivity contribution in [1.29, 1.82) is 0 Å². The lowest BCUT2D eigenvalue weighted by molar-refractivity contribution is 0.297. The molecule has 0 bridgehead atoms. The van der Waals surface area contributed by atoms with Crippen LogP contribution in [-0.4, -0.2) is 19.3 Å². The molecule has 0 aromatic carbocycles. The minimum atomic E-state index is -0.185. The highest BCUT2D eigenvalue weighted by Crippen LogP contribution is 2.23. The summed E-state index contributed by atoms with van der Waals surface area (Å²) >= 11 is 0. The molecule has 0 amide bonds. The van der Waals surface area contributed by atoms with Gasteiger partial charge in [-0.1, -0.05) is 19.8 Å². The van der Waals surface area contributed by atoms with Crippen molar-refractivity contribution >= 4 is 0 Å². The normalized spacial score (nSPS) is 30.5. The molecular formula is C10H20FN. The third-order valence-electron chi connectivity index (χ3n) is 2.68. The average Bonchev–Trinajstić information content (AvgIpc) is 2.05. The van der Waals surface area contributed by atoms with E-state index in [-0.39, 0.29) is 6.67 Å². The first-order chi connectivity index (χ1) is 5.83. The maximum absolute atomic E-state index is 11.8. The molecule has 72 valence electrons. The number of rotatable bonds is 4. The van der Waals surface area contributed by atoms with E-state index in [1.165, 1.54) is 25.7 Å². The highest BCUT2D eigenvalue weighted by atomic mass is 19.1. The second-order valence-electron chi connectivity index (χ2n) is 3.97. The summed E-state index contributed by atoms with van der Waals surface area (Å²) in [6.45, 7) is 2.98. The smallest absolute Gasteiger partial charge is 0.0906 e. The van der Waals surface area contributed by atoms with E-state index >= 15 is 0 Å². The molecule has 0 saturated heterocycles. The van der Waals surface area contributed by atoms with Gasteiger partial charge in [0, 0.05) is 6.04 Å². The Bertz CT molecular complexity index is 116. The molecule has 0 radical (unpaired) electrons. The molecule has 2 atom stereocenters. The van der Waals surface area contributed by atoms with E-state index in [9.17, 15) is 4.39 Å². The van der Waals surface area contributed by atoms with Crippen LogP contribution in [0.4, 0.5) is 4.39 Å². The standard InChI is InChI=1S/C10H20FN/c1-9-4-2-5-10(8-9)12-7-3-6-11/h9-10,12H,2-8H2,1H3. The predicted octanol–water partition coefficient (Wildman–Crippen LogP) is 2.51. The largest absolute Gasteiger partial charge is 0.314 e. The van der Waals surface area contributed by atoms with Gasteiger partial charge in [-0.15, -0.1) is 0 Å². The summed E-state index contributed by atoms with van der Waals surface area (Å²) in [5.74, 6) is 0.863. The summed E-state index contributed by atoms with van der Waals surface area (Å²) in [5, 5.41) is 3.41. The summed E-state index contributed by atoms with van der Waals surface area (Å²) in [4.78, 5) is 0. The molecule has 0 aromatic rings. The molecule has 1 nitrogen and oxygen atoms in total. The summed E-state index contributed by atoms with van der Waals surface area (Å²) < 4.78 is 11.8. The van der Waals surface area contributed by atoms with E-state index in [2.05, 4.69) is 12.2 Å². The van der Waals surface area contributed by atoms with Crippen LogP contribution in [0.1, 0.15) is 39.0 Å². The van der Waals surface area contributed by atoms with Gasteiger partial charge < -0.3 is 5.32 Å². The maximum Gasteiger partial charge on any atom is 0.0906 e. The number of halogens is 1. The van der Waals surface area contributed by atoms with Gasteiger partial charge in [0.05, 0.1) is 6.67 Å². The van der Waals surface area contributed by atoms with Crippen LogP contribution < -0.4 is 5.32 Å². The monoisotopic (exact) mass is 173 g/mol. The number of hydrogen-bond acceptors (Lipinski definition) is 1. The molecule has 0 aromatic heterocycles. The van der Waals surface area contributed by atoms with E-state index in [0.29, 0.717) is 12.5 Å². The molecule has 1 rings (SSSR count). The van der Waals surface area contributed by atoms with Gasteiger partial charge in [0.1, 0.15) is 0 Å². The molecule has 12 heavy (non-hydrogen) atoms. The molecule has 0 heterocycles. The molecule has 1 saturated carbocycles. The average molecular weight is 173 g/mol. The van der Waals surface area contributed by atoms with Crippen molar-refractivity contribution in [3.8, 4) is 0 Å². The Labute approximate surface area is 74.7 Å². The second-order valence-corrected chi connectivity index (χ2v) is 3.97. The summed E-state index contributed by atoms with van der Waals surface area (Å²) in [6.07, 6.45) is 5.96. The third-order valence-corrected chi connectivity index (χ3v) is 2.68. The van der Waals surface area contributed by atoms with Gasteiger partial charge in [-0.2, -0.15) is 0 Å². The maximum atomic E-state index is 11.8. The van der Waals surface area contributed by atoms with E-state index in [1.807, 2.05) is 0 Å². The van der Waals surface area contributed by atoms with Crippen molar-refractivity contribution in [3.05, 3.63) is 0 Å². The molecule has 1 fully saturated rings. The molecule has 2 unspecified atom stereocenters. The van der Waals surface area contributed by atoms with Gasteiger partial charge in [-0.25, -0.2) is 0 Å². The Kier molecular flexibility index (Phi) is 4.59. The van der Waals surface area contributed by atoms with Crippen LogP contribution in [0.15, 0.2) is 0 Å². The Morgan fingerprint density at radius 2 is 2.25 bits per heavy atom. The van der Waals surface area contributed by atoms with Crippen molar-refractivity contribution in [2.24, 2.45) is 5.92 Å². The Hall–Kier alpha value is -0.110. The predicted molar refractivity (Wildman–Crippen MR) is 50.0 cm³/mol. The van der Waals surface area contributed by atoms with Crippen LogP contribution in [0.2, 0.25) is 0 Å². The lowest BCUT2D eigenvalue weighted by Crippen LogP contribution is -2.34. The summed E-state index contributed by atoms with van der Waals surface area (Å²) in [7, 11) is 0. The summed E-state index contributed by atoms with van der Waals surface area (Å²) in [5.41, 5.74) is 0. The van der Waals surface area contributed by atoms with Crippen LogP contribution in [0.3, 0.4) is 0 Å². The highest BCUT2D eigenvalue weighted by Gasteiger charge is 2.17. The Morgan fingerprint density at radius 3 is 2.92 bits per heavy atom. The topological polar surface area (TPSA) is 12.0 Å².